The molecular formula is C21H21BrN2O. The van der Waals surface area contributed by atoms with Crippen LogP contribution in [0.15, 0.2) is 71.5 Å². The van der Waals surface area contributed by atoms with E-state index in [0.29, 0.717) is 0 Å². The van der Waals surface area contributed by atoms with Crippen molar-refractivity contribution >= 4 is 15.9 Å². The summed E-state index contributed by atoms with van der Waals surface area (Å²) in [5, 5.41) is 0. The molecule has 2 heterocycles. The van der Waals surface area contributed by atoms with Gasteiger partial charge >= 0.3 is 0 Å². The number of nitrogens with zero attached hydrogens (tertiary/aromatic N) is 2. The number of halogens is 1. The predicted molar refractivity (Wildman–Crippen MR) is 104 cm³/mol. The van der Waals surface area contributed by atoms with Crippen LogP contribution in [0.3, 0.4) is 0 Å². The maximum atomic E-state index is 6.03. The summed E-state index contributed by atoms with van der Waals surface area (Å²) in [6.07, 6.45) is 4.29. The van der Waals surface area contributed by atoms with E-state index in [4.69, 9.17) is 4.74 Å². The third-order valence-corrected chi connectivity index (χ3v) is 5.05. The van der Waals surface area contributed by atoms with Crippen molar-refractivity contribution in [2.75, 3.05) is 13.2 Å². The van der Waals surface area contributed by atoms with Crippen LogP contribution in [-0.2, 0) is 11.3 Å². The molecule has 25 heavy (non-hydrogen) atoms. The Morgan fingerprint density at radius 3 is 2.84 bits per heavy atom. The molecule has 1 atom stereocenters. The zero-order chi connectivity index (χ0) is 17.2. The Morgan fingerprint density at radius 1 is 1.12 bits per heavy atom. The molecule has 128 valence electrons. The number of hydrogen-bond donors (Lipinski definition) is 0. The van der Waals surface area contributed by atoms with Gasteiger partial charge in [-0.25, -0.2) is 0 Å². The predicted octanol–water partition coefficient (Wildman–Crippen LogP) is 5.08. The van der Waals surface area contributed by atoms with Gasteiger partial charge in [0, 0.05) is 41.2 Å². The Morgan fingerprint density at radius 2 is 2.00 bits per heavy atom. The second kappa shape index (κ2) is 7.16. The van der Waals surface area contributed by atoms with Gasteiger partial charge < -0.3 is 9.30 Å². The van der Waals surface area contributed by atoms with Crippen LogP contribution in [0.25, 0.3) is 5.69 Å². The zero-order valence-electron chi connectivity index (χ0n) is 14.2. The molecule has 0 saturated carbocycles. The number of aromatic nitrogens is 1. The lowest BCUT2D eigenvalue weighted by Crippen LogP contribution is -2.23. The number of rotatable bonds is 4. The number of hydrogen-bond acceptors (Lipinski definition) is 2. The van der Waals surface area contributed by atoms with E-state index in [1.54, 1.807) is 0 Å². The van der Waals surface area contributed by atoms with Crippen molar-refractivity contribution in [1.29, 1.82) is 0 Å². The molecule has 1 saturated heterocycles. The molecule has 0 N–H and O–H groups in total. The van der Waals surface area contributed by atoms with Gasteiger partial charge in [-0.2, -0.15) is 0 Å². The summed E-state index contributed by atoms with van der Waals surface area (Å²) in [5.74, 6) is 0. The van der Waals surface area contributed by atoms with Crippen molar-refractivity contribution in [1.82, 2.24) is 9.47 Å². The first-order valence-electron chi connectivity index (χ1n) is 8.54. The highest BCUT2D eigenvalue weighted by Gasteiger charge is 2.27. The van der Waals surface area contributed by atoms with Gasteiger partial charge in [0.25, 0.3) is 0 Å². The maximum absolute atomic E-state index is 6.03. The first kappa shape index (κ1) is 16.6. The monoisotopic (exact) mass is 396 g/mol. The van der Waals surface area contributed by atoms with E-state index in [-0.39, 0.29) is 6.23 Å². The van der Waals surface area contributed by atoms with Crippen molar-refractivity contribution in [3.8, 4) is 5.69 Å². The number of ether oxygens (including phenoxy) is 1. The van der Waals surface area contributed by atoms with Gasteiger partial charge in [0.05, 0.1) is 6.61 Å². The Labute approximate surface area is 157 Å². The molecule has 0 spiro atoms. The van der Waals surface area contributed by atoms with Gasteiger partial charge in [0.15, 0.2) is 0 Å². The fourth-order valence-electron chi connectivity index (χ4n) is 3.37. The van der Waals surface area contributed by atoms with Gasteiger partial charge in [-0.15, -0.1) is 0 Å². The molecule has 0 radical (unpaired) electrons. The lowest BCUT2D eigenvalue weighted by molar-refractivity contribution is 0.0288. The topological polar surface area (TPSA) is 17.4 Å². The summed E-state index contributed by atoms with van der Waals surface area (Å²) in [6.45, 7) is 4.78. The fourth-order valence-corrected chi connectivity index (χ4v) is 3.76. The molecule has 4 heteroatoms. The van der Waals surface area contributed by atoms with Crippen LogP contribution in [0.5, 0.6) is 0 Å². The minimum atomic E-state index is 0.0221. The Kier molecular flexibility index (Phi) is 4.75. The Hall–Kier alpha value is -1.88. The molecule has 3 nitrogen and oxygen atoms in total. The Bertz CT molecular complexity index is 874. The highest BCUT2D eigenvalue weighted by Crippen LogP contribution is 2.29. The normalized spacial score (nSPS) is 17.9. The largest absolute Gasteiger partial charge is 0.357 e. The lowest BCUT2D eigenvalue weighted by Gasteiger charge is -2.22. The molecule has 4 rings (SSSR count). The van der Waals surface area contributed by atoms with Crippen molar-refractivity contribution in [3.63, 3.8) is 0 Å². The fraction of sp³-hybridized carbons (Fsp3) is 0.238. The third kappa shape index (κ3) is 3.71. The second-order valence-electron chi connectivity index (χ2n) is 6.51. The zero-order valence-corrected chi connectivity index (χ0v) is 15.8. The molecule has 3 aromatic rings. The minimum absolute atomic E-state index is 0.0221. The van der Waals surface area contributed by atoms with Gasteiger partial charge in [-0.3, -0.25) is 4.90 Å². The molecule has 0 aliphatic carbocycles. The van der Waals surface area contributed by atoms with Gasteiger partial charge in [0.1, 0.15) is 6.23 Å². The number of benzene rings is 2. The van der Waals surface area contributed by atoms with E-state index in [9.17, 15) is 0 Å². The van der Waals surface area contributed by atoms with Crippen molar-refractivity contribution in [2.24, 2.45) is 0 Å². The molecule has 0 bridgehead atoms. The SMILES string of the molecule is Cc1cccc(CN2CCO[C@@H]2c2ccn(-c3cccc(Br)c3)c2)c1. The third-order valence-electron chi connectivity index (χ3n) is 4.56. The lowest BCUT2D eigenvalue weighted by atomic mass is 10.1. The van der Waals surface area contributed by atoms with E-state index >= 15 is 0 Å². The van der Waals surface area contributed by atoms with Crippen LogP contribution in [0, 0.1) is 6.92 Å². The van der Waals surface area contributed by atoms with Crippen molar-refractivity contribution in [3.05, 3.63) is 88.2 Å². The molecular weight excluding hydrogens is 376 g/mol. The smallest absolute Gasteiger partial charge is 0.138 e. The van der Waals surface area contributed by atoms with E-state index in [1.165, 1.54) is 16.7 Å². The molecule has 2 aromatic carbocycles. The summed E-state index contributed by atoms with van der Waals surface area (Å²) in [4.78, 5) is 2.40. The summed E-state index contributed by atoms with van der Waals surface area (Å²) >= 11 is 3.54. The highest BCUT2D eigenvalue weighted by atomic mass is 79.9. The van der Waals surface area contributed by atoms with E-state index in [0.717, 1.165) is 29.9 Å². The first-order valence-corrected chi connectivity index (χ1v) is 9.33. The Balaban J connectivity index is 1.54. The number of aryl methyl sites for hydroxylation is 1. The van der Waals surface area contributed by atoms with E-state index in [1.807, 2.05) is 6.07 Å². The van der Waals surface area contributed by atoms with E-state index in [2.05, 4.69) is 93.2 Å². The molecule has 0 unspecified atom stereocenters. The van der Waals surface area contributed by atoms with Gasteiger partial charge in [-0.1, -0.05) is 51.8 Å². The molecule has 1 aliphatic rings. The molecule has 1 fully saturated rings. The molecule has 0 amide bonds. The van der Waals surface area contributed by atoms with Crippen LogP contribution >= 0.6 is 15.9 Å². The van der Waals surface area contributed by atoms with Crippen LogP contribution < -0.4 is 0 Å². The van der Waals surface area contributed by atoms with Crippen LogP contribution in [0.2, 0.25) is 0 Å². The molecule has 1 aromatic heterocycles. The van der Waals surface area contributed by atoms with Crippen LogP contribution in [-0.4, -0.2) is 22.6 Å². The average molecular weight is 397 g/mol. The van der Waals surface area contributed by atoms with Crippen molar-refractivity contribution in [2.45, 2.75) is 19.7 Å². The van der Waals surface area contributed by atoms with Crippen molar-refractivity contribution < 1.29 is 4.74 Å². The summed E-state index contributed by atoms with van der Waals surface area (Å²) < 4.78 is 9.26. The second-order valence-corrected chi connectivity index (χ2v) is 7.43. The standard InChI is InChI=1S/C21H21BrN2O/c1-16-4-2-5-17(12-16)14-24-10-11-25-21(24)18-8-9-23(15-18)20-7-3-6-19(22)13-20/h2-9,12-13,15,21H,10-11,14H2,1H3/t21-/m1/s1. The minimum Gasteiger partial charge on any atom is -0.357 e. The highest BCUT2D eigenvalue weighted by molar-refractivity contribution is 9.10. The average Bonchev–Trinajstić information content (AvgIpc) is 3.24. The summed E-state index contributed by atoms with van der Waals surface area (Å²) in [6, 6.07) is 19.2. The van der Waals surface area contributed by atoms with Gasteiger partial charge in [0.2, 0.25) is 0 Å². The maximum Gasteiger partial charge on any atom is 0.138 e. The van der Waals surface area contributed by atoms with Gasteiger partial charge in [-0.05, 0) is 36.8 Å². The molecule has 1 aliphatic heterocycles. The van der Waals surface area contributed by atoms with Crippen LogP contribution in [0.4, 0.5) is 0 Å². The van der Waals surface area contributed by atoms with Crippen LogP contribution in [0.1, 0.15) is 22.9 Å². The summed E-state index contributed by atoms with van der Waals surface area (Å²) in [7, 11) is 0. The van der Waals surface area contributed by atoms with E-state index < -0.39 is 0 Å². The summed E-state index contributed by atoms with van der Waals surface area (Å²) in [5.41, 5.74) is 4.98. The quantitative estimate of drug-likeness (QED) is 0.611. The first-order chi connectivity index (χ1) is 12.2.